The molecule has 0 rings (SSSR count). The van der Waals surface area contributed by atoms with E-state index >= 15 is 0 Å². The van der Waals surface area contributed by atoms with Crippen LogP contribution in [0.15, 0.2) is 15.0 Å². The highest BCUT2D eigenvalue weighted by molar-refractivity contribution is 8.18. The lowest BCUT2D eigenvalue weighted by molar-refractivity contribution is 0.563. The third-order valence-electron chi connectivity index (χ3n) is 1.44. The van der Waals surface area contributed by atoms with Crippen molar-refractivity contribution in [2.75, 3.05) is 29.8 Å². The first-order valence-electron chi connectivity index (χ1n) is 4.77. The molecule has 9 heteroatoms. The van der Waals surface area contributed by atoms with E-state index in [0.717, 1.165) is 11.5 Å². The van der Waals surface area contributed by atoms with E-state index < -0.39 is 0 Å². The summed E-state index contributed by atoms with van der Waals surface area (Å²) in [6, 6.07) is 0. The molecule has 98 valence electrons. The lowest BCUT2D eigenvalue weighted by Gasteiger charge is -2.12. The first-order valence-corrected chi connectivity index (χ1v) is 8.02. The molecule has 0 aromatic carbocycles. The Bertz CT molecular complexity index is 339. The molecule has 0 atom stereocenters. The van der Waals surface area contributed by atoms with Gasteiger partial charge in [0.25, 0.3) is 0 Å². The van der Waals surface area contributed by atoms with Crippen LogP contribution in [0.5, 0.6) is 0 Å². The lowest BCUT2D eigenvalue weighted by atomic mass is 10.8. The Labute approximate surface area is 117 Å². The van der Waals surface area contributed by atoms with Crippen LogP contribution in [0, 0.1) is 0 Å². The average molecular weight is 305 g/mol. The second-order valence-corrected chi connectivity index (χ2v) is 6.34. The van der Waals surface area contributed by atoms with Gasteiger partial charge in [-0.2, -0.15) is 21.7 Å². The molecule has 18 heavy (non-hydrogen) atoms. The van der Waals surface area contributed by atoms with Crippen LogP contribution in [0.3, 0.4) is 0 Å². The number of rotatable bonds is 11. The first kappa shape index (κ1) is 17.2. The van der Waals surface area contributed by atoms with Crippen LogP contribution < -0.4 is 0 Å². The maximum atomic E-state index is 9.94. The van der Waals surface area contributed by atoms with Gasteiger partial charge in [0.15, 0.2) is 0 Å². The van der Waals surface area contributed by atoms with Gasteiger partial charge in [0.05, 0.1) is 22.9 Å². The number of carbonyl (C=O) groups excluding carboxylic acids is 3. The van der Waals surface area contributed by atoms with Gasteiger partial charge in [-0.25, -0.2) is 19.4 Å². The molecule has 0 unspecified atom stereocenters. The van der Waals surface area contributed by atoms with Crippen LogP contribution in [0.2, 0.25) is 0 Å². The SMILES string of the molecule is O=C=NCCSCC(SCN=C=O)SCN=C=O. The Morgan fingerprint density at radius 3 is 1.94 bits per heavy atom. The Hall–Kier alpha value is -0.810. The van der Waals surface area contributed by atoms with E-state index in [4.69, 9.17) is 0 Å². The molecule has 0 spiro atoms. The fourth-order valence-electron chi connectivity index (χ4n) is 0.773. The van der Waals surface area contributed by atoms with Crippen molar-refractivity contribution < 1.29 is 14.4 Å². The summed E-state index contributed by atoms with van der Waals surface area (Å²) in [6.07, 6.45) is 4.41. The van der Waals surface area contributed by atoms with Crippen LogP contribution in [0.1, 0.15) is 0 Å². The molecule has 0 aliphatic heterocycles. The molecule has 0 radical (unpaired) electrons. The summed E-state index contributed by atoms with van der Waals surface area (Å²) in [5.41, 5.74) is 0. The monoisotopic (exact) mass is 305 g/mol. The molecule has 0 bridgehead atoms. The fourth-order valence-corrected chi connectivity index (χ4v) is 4.04. The van der Waals surface area contributed by atoms with Crippen molar-refractivity contribution in [3.8, 4) is 0 Å². The molecule has 0 aliphatic rings. The summed E-state index contributed by atoms with van der Waals surface area (Å²) in [5, 5.41) is 0. The van der Waals surface area contributed by atoms with E-state index in [1.165, 1.54) is 41.8 Å². The van der Waals surface area contributed by atoms with Gasteiger partial charge < -0.3 is 0 Å². The largest absolute Gasteiger partial charge is 0.235 e. The van der Waals surface area contributed by atoms with E-state index in [9.17, 15) is 14.4 Å². The van der Waals surface area contributed by atoms with Crippen LogP contribution >= 0.6 is 35.3 Å². The molecular formula is C9H11N3O3S3. The van der Waals surface area contributed by atoms with Crippen LogP contribution in [0.4, 0.5) is 0 Å². The van der Waals surface area contributed by atoms with E-state index in [0.29, 0.717) is 18.3 Å². The van der Waals surface area contributed by atoms with E-state index in [1.54, 1.807) is 11.8 Å². The molecule has 0 aliphatic carbocycles. The second-order valence-electron chi connectivity index (χ2n) is 2.57. The number of isocyanates is 3. The predicted molar refractivity (Wildman–Crippen MR) is 75.3 cm³/mol. The number of nitrogens with zero attached hydrogens (tertiary/aromatic N) is 3. The third kappa shape index (κ3) is 11.7. The summed E-state index contributed by atoms with van der Waals surface area (Å²) < 4.78 is 0.157. The van der Waals surface area contributed by atoms with Crippen molar-refractivity contribution in [1.82, 2.24) is 0 Å². The maximum absolute atomic E-state index is 9.94. The summed E-state index contributed by atoms with van der Waals surface area (Å²) >= 11 is 4.57. The highest BCUT2D eigenvalue weighted by atomic mass is 32.2. The van der Waals surface area contributed by atoms with Crippen LogP contribution in [0.25, 0.3) is 0 Å². The zero-order valence-electron chi connectivity index (χ0n) is 9.40. The van der Waals surface area contributed by atoms with Gasteiger partial charge in [-0.05, 0) is 0 Å². The standard InChI is InChI=1S/C9H11N3O3S3/c13-4-10-1-2-16-3-9(17-7-11-5-14)18-8-12-6-15/h9H,1-3,7-8H2. The second kappa shape index (κ2) is 14.3. The molecule has 0 heterocycles. The van der Waals surface area contributed by atoms with Gasteiger partial charge >= 0.3 is 0 Å². The fraction of sp³-hybridized carbons (Fsp3) is 0.667. The van der Waals surface area contributed by atoms with Gasteiger partial charge in [-0.15, -0.1) is 23.5 Å². The molecule has 0 saturated carbocycles. The van der Waals surface area contributed by atoms with Crippen molar-refractivity contribution in [2.24, 2.45) is 15.0 Å². The summed E-state index contributed by atoms with van der Waals surface area (Å²) in [4.78, 5) is 40.1. The Morgan fingerprint density at radius 2 is 1.44 bits per heavy atom. The van der Waals surface area contributed by atoms with E-state index in [-0.39, 0.29) is 4.58 Å². The van der Waals surface area contributed by atoms with Gasteiger partial charge in [0.2, 0.25) is 18.2 Å². The van der Waals surface area contributed by atoms with Crippen molar-refractivity contribution in [2.45, 2.75) is 4.58 Å². The third-order valence-corrected chi connectivity index (χ3v) is 5.36. The minimum absolute atomic E-state index is 0.157. The average Bonchev–Trinajstić information content (AvgIpc) is 2.38. The Balaban J connectivity index is 3.89. The molecule has 0 aromatic rings. The van der Waals surface area contributed by atoms with E-state index in [1.807, 2.05) is 0 Å². The quantitative estimate of drug-likeness (QED) is 0.248. The van der Waals surface area contributed by atoms with Crippen molar-refractivity contribution in [1.29, 1.82) is 0 Å². The lowest BCUT2D eigenvalue weighted by Crippen LogP contribution is -2.04. The van der Waals surface area contributed by atoms with Crippen LogP contribution in [-0.4, -0.2) is 52.6 Å². The minimum Gasteiger partial charge on any atom is -0.211 e. The van der Waals surface area contributed by atoms with E-state index in [2.05, 4.69) is 15.0 Å². The molecule has 0 fully saturated rings. The molecule has 6 nitrogen and oxygen atoms in total. The molecule has 0 N–H and O–H groups in total. The number of hydrogen-bond donors (Lipinski definition) is 0. The number of hydrogen-bond acceptors (Lipinski definition) is 9. The van der Waals surface area contributed by atoms with Gasteiger partial charge in [0, 0.05) is 11.5 Å². The number of aliphatic imine (C=N–C) groups is 3. The normalized spacial score (nSPS) is 10.7. The smallest absolute Gasteiger partial charge is 0.211 e. The van der Waals surface area contributed by atoms with Gasteiger partial charge in [0.1, 0.15) is 0 Å². The highest BCUT2D eigenvalue weighted by Crippen LogP contribution is 2.27. The summed E-state index contributed by atoms with van der Waals surface area (Å²) in [5.74, 6) is 2.17. The van der Waals surface area contributed by atoms with Crippen LogP contribution in [-0.2, 0) is 14.4 Å². The minimum atomic E-state index is 0.157. The first-order chi connectivity index (χ1) is 8.85. The Morgan fingerprint density at radius 1 is 0.889 bits per heavy atom. The topological polar surface area (TPSA) is 88.3 Å². The summed E-state index contributed by atoms with van der Waals surface area (Å²) in [6.45, 7) is 0.440. The Kier molecular flexibility index (Phi) is 13.6. The predicted octanol–water partition coefficient (Wildman–Crippen LogP) is 1.43. The zero-order valence-corrected chi connectivity index (χ0v) is 11.9. The maximum Gasteiger partial charge on any atom is 0.235 e. The molecule has 0 amide bonds. The summed E-state index contributed by atoms with van der Waals surface area (Å²) in [7, 11) is 0. The van der Waals surface area contributed by atoms with Crippen molar-refractivity contribution in [3.63, 3.8) is 0 Å². The van der Waals surface area contributed by atoms with Crippen molar-refractivity contribution in [3.05, 3.63) is 0 Å². The van der Waals surface area contributed by atoms with Gasteiger partial charge in [-0.3, -0.25) is 0 Å². The molecular weight excluding hydrogens is 294 g/mol. The number of thioether (sulfide) groups is 3. The van der Waals surface area contributed by atoms with Crippen molar-refractivity contribution >= 4 is 53.5 Å². The highest BCUT2D eigenvalue weighted by Gasteiger charge is 2.09. The molecule has 0 aromatic heterocycles. The van der Waals surface area contributed by atoms with Gasteiger partial charge in [-0.1, -0.05) is 0 Å². The molecule has 0 saturated heterocycles. The zero-order chi connectivity index (χ0) is 13.5.